The maximum absolute atomic E-state index is 9.79. The highest BCUT2D eigenvalue weighted by Gasteiger charge is 2.23. The Labute approximate surface area is 133 Å². The summed E-state index contributed by atoms with van der Waals surface area (Å²) in [5.74, 6) is 3.49. The molecule has 0 saturated carbocycles. The van der Waals surface area contributed by atoms with E-state index < -0.39 is 0 Å². The number of imidazole rings is 1. The molecule has 0 spiro atoms. The summed E-state index contributed by atoms with van der Waals surface area (Å²) < 4.78 is 2.26. The maximum Gasteiger partial charge on any atom is 0.160 e. The third-order valence-corrected chi connectivity index (χ3v) is 5.25. The molecule has 1 atom stereocenters. The van der Waals surface area contributed by atoms with Crippen molar-refractivity contribution in [2.24, 2.45) is 0 Å². The van der Waals surface area contributed by atoms with Crippen molar-refractivity contribution >= 4 is 22.9 Å². The normalized spacial score (nSPS) is 18.6. The molecule has 4 nitrogen and oxygen atoms in total. The third-order valence-electron chi connectivity index (χ3n) is 4.05. The Balaban J connectivity index is 1.93. The predicted octanol–water partition coefficient (Wildman–Crippen LogP) is 3.87. The number of nitrogens with zero attached hydrogens (tertiary/aromatic N) is 3. The Kier molecular flexibility index (Phi) is 3.50. The van der Waals surface area contributed by atoms with Crippen LogP contribution >= 0.6 is 11.8 Å². The molecule has 112 valence electrons. The Morgan fingerprint density at radius 2 is 2.18 bits per heavy atom. The van der Waals surface area contributed by atoms with Crippen molar-refractivity contribution < 1.29 is 5.11 Å². The minimum atomic E-state index is 0.266. The highest BCUT2D eigenvalue weighted by Crippen LogP contribution is 2.34. The number of hydrogen-bond donors (Lipinski definition) is 1. The monoisotopic (exact) mass is 311 g/mol. The summed E-state index contributed by atoms with van der Waals surface area (Å²) in [7, 11) is 0. The van der Waals surface area contributed by atoms with Gasteiger partial charge in [-0.05, 0) is 42.9 Å². The number of pyridine rings is 1. The van der Waals surface area contributed by atoms with E-state index in [1.165, 1.54) is 12.2 Å². The van der Waals surface area contributed by atoms with Crippen LogP contribution < -0.4 is 0 Å². The van der Waals surface area contributed by atoms with Crippen LogP contribution in [-0.2, 0) is 0 Å². The van der Waals surface area contributed by atoms with E-state index in [9.17, 15) is 5.11 Å². The molecule has 0 aliphatic carbocycles. The van der Waals surface area contributed by atoms with E-state index in [0.29, 0.717) is 6.04 Å². The van der Waals surface area contributed by atoms with Crippen LogP contribution in [0, 0.1) is 0 Å². The van der Waals surface area contributed by atoms with Gasteiger partial charge < -0.3 is 9.67 Å². The molecule has 1 aromatic carbocycles. The van der Waals surface area contributed by atoms with Gasteiger partial charge in [-0.25, -0.2) is 9.97 Å². The first-order valence-electron chi connectivity index (χ1n) is 7.53. The van der Waals surface area contributed by atoms with E-state index in [2.05, 4.69) is 9.55 Å². The zero-order valence-corrected chi connectivity index (χ0v) is 13.0. The quantitative estimate of drug-likeness (QED) is 0.780. The van der Waals surface area contributed by atoms with Gasteiger partial charge >= 0.3 is 0 Å². The lowest BCUT2D eigenvalue weighted by Crippen LogP contribution is -2.17. The summed E-state index contributed by atoms with van der Waals surface area (Å²) in [6.07, 6.45) is 4.20. The summed E-state index contributed by atoms with van der Waals surface area (Å²) in [6.45, 7) is 0. The minimum absolute atomic E-state index is 0.266. The Bertz CT molecular complexity index is 809. The van der Waals surface area contributed by atoms with Gasteiger partial charge in [0.05, 0.1) is 0 Å². The van der Waals surface area contributed by atoms with E-state index in [4.69, 9.17) is 4.98 Å². The van der Waals surface area contributed by atoms with Crippen LogP contribution in [0.3, 0.4) is 0 Å². The van der Waals surface area contributed by atoms with E-state index in [1.54, 1.807) is 12.1 Å². The number of phenols is 1. The molecule has 0 bridgehead atoms. The van der Waals surface area contributed by atoms with E-state index >= 15 is 0 Å². The number of rotatable bonds is 2. The molecule has 2 aromatic heterocycles. The van der Waals surface area contributed by atoms with Gasteiger partial charge in [-0.15, -0.1) is 0 Å². The first-order chi connectivity index (χ1) is 10.8. The lowest BCUT2D eigenvalue weighted by molar-refractivity contribution is 0.475. The van der Waals surface area contributed by atoms with Crippen LogP contribution in [-0.4, -0.2) is 31.1 Å². The van der Waals surface area contributed by atoms with Gasteiger partial charge in [0.1, 0.15) is 17.1 Å². The number of hydrogen-bond acceptors (Lipinski definition) is 4. The summed E-state index contributed by atoms with van der Waals surface area (Å²) in [4.78, 5) is 9.33. The zero-order valence-electron chi connectivity index (χ0n) is 12.1. The third kappa shape index (κ3) is 2.35. The summed E-state index contributed by atoms with van der Waals surface area (Å²) >= 11 is 1.99. The van der Waals surface area contributed by atoms with Crippen LogP contribution in [0.15, 0.2) is 42.6 Å². The molecule has 3 aromatic rings. The highest BCUT2D eigenvalue weighted by atomic mass is 32.2. The van der Waals surface area contributed by atoms with Gasteiger partial charge in [0, 0.05) is 23.6 Å². The van der Waals surface area contributed by atoms with Crippen molar-refractivity contribution in [3.63, 3.8) is 0 Å². The molecule has 22 heavy (non-hydrogen) atoms. The van der Waals surface area contributed by atoms with Crippen LogP contribution in [0.25, 0.3) is 22.6 Å². The average molecular weight is 311 g/mol. The highest BCUT2D eigenvalue weighted by molar-refractivity contribution is 7.99. The van der Waals surface area contributed by atoms with E-state index in [-0.39, 0.29) is 5.75 Å². The molecule has 1 unspecified atom stereocenters. The molecule has 1 fully saturated rings. The number of phenolic OH excluding ortho intramolecular Hbond substituents is 1. The SMILES string of the molecule is Oc1cccc(-c2nc3cccnc3n2C2CCCSC2)c1. The largest absolute Gasteiger partial charge is 0.508 e. The lowest BCUT2D eigenvalue weighted by Gasteiger charge is -2.24. The molecule has 1 aliphatic heterocycles. The molecule has 4 rings (SSSR count). The fourth-order valence-corrected chi connectivity index (χ4v) is 4.18. The van der Waals surface area contributed by atoms with Gasteiger partial charge in [-0.3, -0.25) is 0 Å². The fourth-order valence-electron chi connectivity index (χ4n) is 3.05. The average Bonchev–Trinajstić information content (AvgIpc) is 2.95. The number of benzene rings is 1. The number of fused-ring (bicyclic) bond motifs is 1. The van der Waals surface area contributed by atoms with E-state index in [0.717, 1.165) is 34.7 Å². The fraction of sp³-hybridized carbons (Fsp3) is 0.294. The van der Waals surface area contributed by atoms with Crippen molar-refractivity contribution in [1.29, 1.82) is 0 Å². The molecule has 3 heterocycles. The van der Waals surface area contributed by atoms with Crippen molar-refractivity contribution in [3.05, 3.63) is 42.6 Å². The Morgan fingerprint density at radius 1 is 1.23 bits per heavy atom. The molecule has 1 N–H and O–H groups in total. The van der Waals surface area contributed by atoms with Gasteiger partial charge in [0.25, 0.3) is 0 Å². The van der Waals surface area contributed by atoms with Crippen molar-refractivity contribution in [3.8, 4) is 17.1 Å². The van der Waals surface area contributed by atoms with E-state index in [1.807, 2.05) is 42.2 Å². The molecule has 0 amide bonds. The summed E-state index contributed by atoms with van der Waals surface area (Å²) in [5, 5.41) is 9.79. The topological polar surface area (TPSA) is 50.9 Å². The summed E-state index contributed by atoms with van der Waals surface area (Å²) in [5.41, 5.74) is 2.79. The van der Waals surface area contributed by atoms with Crippen molar-refractivity contribution in [2.75, 3.05) is 11.5 Å². The Hall–Kier alpha value is -2.01. The van der Waals surface area contributed by atoms with Crippen LogP contribution in [0.1, 0.15) is 18.9 Å². The number of thioether (sulfide) groups is 1. The number of aromatic nitrogens is 3. The number of aromatic hydroxyl groups is 1. The lowest BCUT2D eigenvalue weighted by atomic mass is 10.1. The smallest absolute Gasteiger partial charge is 0.160 e. The maximum atomic E-state index is 9.79. The molecule has 1 aliphatic rings. The van der Waals surface area contributed by atoms with Gasteiger partial charge in [0.2, 0.25) is 0 Å². The Morgan fingerprint density at radius 3 is 3.00 bits per heavy atom. The summed E-state index contributed by atoms with van der Waals surface area (Å²) in [6, 6.07) is 11.6. The minimum Gasteiger partial charge on any atom is -0.508 e. The second kappa shape index (κ2) is 5.65. The van der Waals surface area contributed by atoms with Gasteiger partial charge in [-0.1, -0.05) is 12.1 Å². The molecule has 1 saturated heterocycles. The second-order valence-corrected chi connectivity index (χ2v) is 6.72. The first-order valence-corrected chi connectivity index (χ1v) is 8.68. The van der Waals surface area contributed by atoms with Crippen molar-refractivity contribution in [1.82, 2.24) is 14.5 Å². The predicted molar refractivity (Wildman–Crippen MR) is 90.2 cm³/mol. The van der Waals surface area contributed by atoms with Crippen molar-refractivity contribution in [2.45, 2.75) is 18.9 Å². The van der Waals surface area contributed by atoms with Gasteiger partial charge in [0.15, 0.2) is 5.65 Å². The molecule has 0 radical (unpaired) electrons. The molecular weight excluding hydrogens is 294 g/mol. The molecular formula is C17H17N3OS. The molecule has 5 heteroatoms. The van der Waals surface area contributed by atoms with Crippen LogP contribution in [0.4, 0.5) is 0 Å². The standard InChI is InChI=1S/C17H17N3OS/c21-14-6-1-4-12(10-14)16-19-15-7-2-8-18-17(15)20(16)13-5-3-9-22-11-13/h1-2,4,6-8,10,13,21H,3,5,9,11H2. The van der Waals surface area contributed by atoms with Crippen LogP contribution in [0.2, 0.25) is 0 Å². The second-order valence-electron chi connectivity index (χ2n) is 5.57. The van der Waals surface area contributed by atoms with Gasteiger partial charge in [-0.2, -0.15) is 11.8 Å². The first kappa shape index (κ1) is 13.6. The zero-order chi connectivity index (χ0) is 14.9. The van der Waals surface area contributed by atoms with Crippen LogP contribution in [0.5, 0.6) is 5.75 Å².